The van der Waals surface area contributed by atoms with E-state index in [1.54, 1.807) is 0 Å². The molecule has 1 aliphatic carbocycles. The molecule has 1 unspecified atom stereocenters. The molecule has 0 heterocycles. The van der Waals surface area contributed by atoms with Crippen LogP contribution in [0.1, 0.15) is 24.0 Å². The van der Waals surface area contributed by atoms with E-state index < -0.39 is 5.41 Å². The van der Waals surface area contributed by atoms with E-state index in [4.69, 9.17) is 16.2 Å². The van der Waals surface area contributed by atoms with Crippen molar-refractivity contribution in [3.05, 3.63) is 29.3 Å². The molecule has 1 aromatic carbocycles. The van der Waals surface area contributed by atoms with E-state index in [-0.39, 0.29) is 5.97 Å². The molecule has 1 fully saturated rings. The van der Waals surface area contributed by atoms with Crippen LogP contribution in [-0.4, -0.2) is 19.6 Å². The number of anilines is 1. The molecule has 1 aliphatic rings. The fourth-order valence-electron chi connectivity index (χ4n) is 2.78. The minimum atomic E-state index is -0.590. The van der Waals surface area contributed by atoms with Crippen LogP contribution in [0.2, 0.25) is 0 Å². The number of ether oxygens (including phenoxy) is 1. The van der Waals surface area contributed by atoms with Crippen molar-refractivity contribution in [3.8, 4) is 0 Å². The molecule has 0 spiro atoms. The monoisotopic (exact) mass is 262 g/mol. The third-order valence-electron chi connectivity index (χ3n) is 4.31. The first-order chi connectivity index (χ1) is 9.05. The second-order valence-corrected chi connectivity index (χ2v) is 5.43. The van der Waals surface area contributed by atoms with Crippen molar-refractivity contribution in [1.29, 1.82) is 0 Å². The van der Waals surface area contributed by atoms with Crippen LogP contribution in [0.25, 0.3) is 0 Å². The van der Waals surface area contributed by atoms with Crippen LogP contribution in [0.3, 0.4) is 0 Å². The van der Waals surface area contributed by atoms with Crippen molar-refractivity contribution in [2.75, 3.05) is 19.4 Å². The summed E-state index contributed by atoms with van der Waals surface area (Å²) < 4.78 is 5.00. The summed E-state index contributed by atoms with van der Waals surface area (Å²) in [5.74, 6) is 0.144. The molecule has 4 nitrogen and oxygen atoms in total. The molecule has 19 heavy (non-hydrogen) atoms. The smallest absolute Gasteiger partial charge is 0.313 e. The summed E-state index contributed by atoms with van der Waals surface area (Å²) in [7, 11) is 1.43. The molecule has 1 atom stereocenters. The first-order valence-electron chi connectivity index (χ1n) is 6.67. The Labute approximate surface area is 114 Å². The first-order valence-corrected chi connectivity index (χ1v) is 6.67. The molecule has 104 valence electrons. The fourth-order valence-corrected chi connectivity index (χ4v) is 2.78. The highest BCUT2D eigenvalue weighted by atomic mass is 16.5. The lowest BCUT2D eigenvalue weighted by Gasteiger charge is -2.30. The van der Waals surface area contributed by atoms with Crippen molar-refractivity contribution < 1.29 is 9.53 Å². The molecule has 1 aromatic rings. The molecule has 0 saturated heterocycles. The van der Waals surface area contributed by atoms with Crippen LogP contribution in [-0.2, 0) is 16.0 Å². The van der Waals surface area contributed by atoms with Gasteiger partial charge in [-0.05, 0) is 49.3 Å². The summed E-state index contributed by atoms with van der Waals surface area (Å²) in [6.07, 6.45) is 2.71. The number of esters is 1. The predicted octanol–water partition coefficient (Wildman–Crippen LogP) is 1.65. The molecule has 0 bridgehead atoms. The summed E-state index contributed by atoms with van der Waals surface area (Å²) in [5.41, 5.74) is 14.1. The van der Waals surface area contributed by atoms with Crippen LogP contribution in [0, 0.1) is 18.3 Å². The number of hydrogen-bond donors (Lipinski definition) is 2. The zero-order chi connectivity index (χ0) is 14.0. The van der Waals surface area contributed by atoms with E-state index in [1.807, 2.05) is 25.1 Å². The van der Waals surface area contributed by atoms with Gasteiger partial charge in [-0.2, -0.15) is 0 Å². The van der Waals surface area contributed by atoms with Crippen LogP contribution >= 0.6 is 0 Å². The maximum Gasteiger partial charge on any atom is 0.313 e. The lowest BCUT2D eigenvalue weighted by atomic mass is 9.76. The van der Waals surface area contributed by atoms with Crippen LogP contribution in [0.4, 0.5) is 5.69 Å². The van der Waals surface area contributed by atoms with Gasteiger partial charge in [0.05, 0.1) is 12.5 Å². The number of nitrogen functional groups attached to an aromatic ring is 1. The van der Waals surface area contributed by atoms with E-state index in [0.29, 0.717) is 18.9 Å². The number of carbonyl (C=O) groups excluding carboxylic acids is 1. The van der Waals surface area contributed by atoms with E-state index in [0.717, 1.165) is 29.7 Å². The highest BCUT2D eigenvalue weighted by Gasteiger charge is 2.50. The third-order valence-corrected chi connectivity index (χ3v) is 4.31. The Kier molecular flexibility index (Phi) is 3.80. The quantitative estimate of drug-likeness (QED) is 0.624. The van der Waals surface area contributed by atoms with Gasteiger partial charge in [-0.1, -0.05) is 12.1 Å². The van der Waals surface area contributed by atoms with Gasteiger partial charge < -0.3 is 16.2 Å². The zero-order valence-electron chi connectivity index (χ0n) is 11.6. The van der Waals surface area contributed by atoms with E-state index >= 15 is 0 Å². The molecule has 2 rings (SSSR count). The Hall–Kier alpha value is -1.55. The van der Waals surface area contributed by atoms with Crippen molar-refractivity contribution in [1.82, 2.24) is 0 Å². The van der Waals surface area contributed by atoms with Crippen molar-refractivity contribution in [2.24, 2.45) is 17.1 Å². The lowest BCUT2D eigenvalue weighted by molar-refractivity contribution is -0.153. The number of carbonyl (C=O) groups is 1. The van der Waals surface area contributed by atoms with Crippen molar-refractivity contribution in [3.63, 3.8) is 0 Å². The standard InChI is InChI=1S/C15H22N2O2/c1-10-11(4-3-5-13(10)17)8-15(9-16,12-6-7-12)14(18)19-2/h3-5,12H,6-9,16-17H2,1-2H3. The average Bonchev–Trinajstić information content (AvgIpc) is 3.24. The van der Waals surface area contributed by atoms with Gasteiger partial charge in [0.15, 0.2) is 0 Å². The average molecular weight is 262 g/mol. The number of hydrogen-bond acceptors (Lipinski definition) is 4. The number of nitrogens with two attached hydrogens (primary N) is 2. The predicted molar refractivity (Wildman–Crippen MR) is 75.5 cm³/mol. The highest BCUT2D eigenvalue weighted by Crippen LogP contribution is 2.48. The Bertz CT molecular complexity index is 483. The number of benzene rings is 1. The second-order valence-electron chi connectivity index (χ2n) is 5.43. The SMILES string of the molecule is COC(=O)C(CN)(Cc1cccc(N)c1C)C1CC1. The molecule has 4 heteroatoms. The van der Waals surface area contributed by atoms with Gasteiger partial charge >= 0.3 is 5.97 Å². The van der Waals surface area contributed by atoms with Gasteiger partial charge in [0, 0.05) is 12.2 Å². The fraction of sp³-hybridized carbons (Fsp3) is 0.533. The minimum Gasteiger partial charge on any atom is -0.469 e. The molecule has 0 amide bonds. The summed E-state index contributed by atoms with van der Waals surface area (Å²) in [5, 5.41) is 0. The minimum absolute atomic E-state index is 0.195. The Morgan fingerprint density at radius 3 is 2.68 bits per heavy atom. The molecule has 0 radical (unpaired) electrons. The largest absolute Gasteiger partial charge is 0.469 e. The maximum atomic E-state index is 12.2. The highest BCUT2D eigenvalue weighted by molar-refractivity contribution is 5.78. The topological polar surface area (TPSA) is 78.3 Å². The third kappa shape index (κ3) is 2.45. The molecule has 4 N–H and O–H groups in total. The zero-order valence-corrected chi connectivity index (χ0v) is 11.6. The Morgan fingerprint density at radius 1 is 1.47 bits per heavy atom. The summed E-state index contributed by atoms with van der Waals surface area (Å²) in [6.45, 7) is 2.30. The second kappa shape index (κ2) is 5.21. The van der Waals surface area contributed by atoms with Gasteiger partial charge in [-0.3, -0.25) is 4.79 Å². The van der Waals surface area contributed by atoms with Gasteiger partial charge in [0.1, 0.15) is 0 Å². The van der Waals surface area contributed by atoms with Crippen molar-refractivity contribution in [2.45, 2.75) is 26.2 Å². The molecular formula is C15H22N2O2. The maximum absolute atomic E-state index is 12.2. The van der Waals surface area contributed by atoms with Gasteiger partial charge in [0.2, 0.25) is 0 Å². The Balaban J connectivity index is 2.35. The summed E-state index contributed by atoms with van der Waals surface area (Å²) in [4.78, 5) is 12.2. The molecular weight excluding hydrogens is 240 g/mol. The Morgan fingerprint density at radius 2 is 2.16 bits per heavy atom. The lowest BCUT2D eigenvalue weighted by Crippen LogP contribution is -2.43. The van der Waals surface area contributed by atoms with Crippen LogP contribution in [0.15, 0.2) is 18.2 Å². The molecule has 0 aliphatic heterocycles. The van der Waals surface area contributed by atoms with E-state index in [2.05, 4.69) is 0 Å². The van der Waals surface area contributed by atoms with E-state index in [1.165, 1.54) is 7.11 Å². The van der Waals surface area contributed by atoms with Crippen LogP contribution < -0.4 is 11.5 Å². The first kappa shape index (κ1) is 13.9. The summed E-state index contributed by atoms with van der Waals surface area (Å²) >= 11 is 0. The normalized spacial score (nSPS) is 17.8. The van der Waals surface area contributed by atoms with Crippen molar-refractivity contribution >= 4 is 11.7 Å². The van der Waals surface area contributed by atoms with E-state index in [9.17, 15) is 4.79 Å². The summed E-state index contributed by atoms with van der Waals surface area (Å²) in [6, 6.07) is 5.81. The molecule has 0 aromatic heterocycles. The number of rotatable bonds is 5. The van der Waals surface area contributed by atoms with Gasteiger partial charge in [-0.15, -0.1) is 0 Å². The van der Waals surface area contributed by atoms with Gasteiger partial charge in [-0.25, -0.2) is 0 Å². The van der Waals surface area contributed by atoms with Gasteiger partial charge in [0.25, 0.3) is 0 Å². The number of methoxy groups -OCH3 is 1. The van der Waals surface area contributed by atoms with Crippen LogP contribution in [0.5, 0.6) is 0 Å². The molecule has 1 saturated carbocycles.